The fourth-order valence-electron chi connectivity index (χ4n) is 3.08. The maximum atomic E-state index is 13.2. The van der Waals surface area contributed by atoms with E-state index in [0.717, 1.165) is 12.0 Å². The second kappa shape index (κ2) is 7.31. The van der Waals surface area contributed by atoms with Crippen LogP contribution >= 0.6 is 0 Å². The second-order valence-corrected chi connectivity index (χ2v) is 6.96. The van der Waals surface area contributed by atoms with Gasteiger partial charge < -0.3 is 10.0 Å². The molecule has 1 saturated heterocycles. The summed E-state index contributed by atoms with van der Waals surface area (Å²) in [7, 11) is 0. The molecular weight excluding hydrogens is 323 g/mol. The van der Waals surface area contributed by atoms with Crippen LogP contribution in [0.5, 0.6) is 0 Å². The Balaban J connectivity index is 1.76. The van der Waals surface area contributed by atoms with E-state index in [-0.39, 0.29) is 30.0 Å². The molecule has 1 N–H and O–H groups in total. The summed E-state index contributed by atoms with van der Waals surface area (Å²) in [6.07, 6.45) is 2.43. The first kappa shape index (κ1) is 17.5. The van der Waals surface area contributed by atoms with Crippen molar-refractivity contribution in [2.75, 3.05) is 6.54 Å². The largest absolute Gasteiger partial charge is 0.391 e. The molecule has 6 nitrogen and oxygen atoms in total. The molecule has 0 saturated carbocycles. The molecule has 0 radical (unpaired) electrons. The van der Waals surface area contributed by atoms with E-state index in [2.05, 4.69) is 24.2 Å². The lowest BCUT2D eigenvalue weighted by Crippen LogP contribution is -2.32. The number of aromatic nitrogens is 3. The number of likely N-dealkylation sites (tertiary alicyclic amines) is 1. The van der Waals surface area contributed by atoms with E-state index in [1.807, 2.05) is 0 Å². The summed E-state index contributed by atoms with van der Waals surface area (Å²) < 4.78 is 14.8. The Labute approximate surface area is 146 Å². The van der Waals surface area contributed by atoms with Gasteiger partial charge in [-0.05, 0) is 36.5 Å². The molecule has 2 unspecified atom stereocenters. The number of carbonyl (C=O) groups is 1. The highest BCUT2D eigenvalue weighted by atomic mass is 19.1. The van der Waals surface area contributed by atoms with Gasteiger partial charge in [0.25, 0.3) is 5.91 Å². The summed E-state index contributed by atoms with van der Waals surface area (Å²) in [4.78, 5) is 14.4. The highest BCUT2D eigenvalue weighted by Gasteiger charge is 2.36. The first-order valence-electron chi connectivity index (χ1n) is 8.58. The van der Waals surface area contributed by atoms with Crippen LogP contribution in [0.25, 0.3) is 0 Å². The molecule has 134 valence electrons. The zero-order valence-corrected chi connectivity index (χ0v) is 14.5. The van der Waals surface area contributed by atoms with E-state index < -0.39 is 6.10 Å². The van der Waals surface area contributed by atoms with Crippen LogP contribution in [0.2, 0.25) is 0 Å². The van der Waals surface area contributed by atoms with Crippen molar-refractivity contribution in [3.05, 3.63) is 47.5 Å². The third kappa shape index (κ3) is 4.04. The van der Waals surface area contributed by atoms with Crippen molar-refractivity contribution in [3.63, 3.8) is 0 Å². The maximum Gasteiger partial charge on any atom is 0.276 e. The van der Waals surface area contributed by atoms with Gasteiger partial charge in [0.15, 0.2) is 5.69 Å². The number of halogens is 1. The molecule has 1 aliphatic rings. The highest BCUT2D eigenvalue weighted by molar-refractivity contribution is 5.92. The Bertz CT molecular complexity index is 729. The Hall–Kier alpha value is -2.28. The fourth-order valence-corrected chi connectivity index (χ4v) is 3.08. The van der Waals surface area contributed by atoms with Crippen LogP contribution in [0.3, 0.4) is 0 Å². The summed E-state index contributed by atoms with van der Waals surface area (Å²) in [5.74, 6) is -0.0464. The standard InChI is InChI=1S/C18H23FN4O2/c1-12(2)7-8-22-11-16(20-21-22)18(25)23-10-15(24)9-17(23)13-3-5-14(19)6-4-13/h3-6,11-12,15,17,24H,7-10H2,1-2H3. The average molecular weight is 346 g/mol. The molecule has 1 aromatic heterocycles. The number of hydrogen-bond acceptors (Lipinski definition) is 4. The van der Waals surface area contributed by atoms with Crippen molar-refractivity contribution in [1.82, 2.24) is 19.9 Å². The van der Waals surface area contributed by atoms with Gasteiger partial charge in [0.1, 0.15) is 5.82 Å². The third-order valence-corrected chi connectivity index (χ3v) is 4.49. The third-order valence-electron chi connectivity index (χ3n) is 4.49. The van der Waals surface area contributed by atoms with Crippen molar-refractivity contribution in [2.24, 2.45) is 5.92 Å². The van der Waals surface area contributed by atoms with E-state index in [1.165, 1.54) is 12.1 Å². The van der Waals surface area contributed by atoms with Crippen LogP contribution in [0.4, 0.5) is 4.39 Å². The van der Waals surface area contributed by atoms with E-state index in [4.69, 9.17) is 0 Å². The number of rotatable bonds is 5. The predicted molar refractivity (Wildman–Crippen MR) is 90.3 cm³/mol. The molecule has 2 aromatic rings. The Morgan fingerprint density at radius 3 is 2.76 bits per heavy atom. The van der Waals surface area contributed by atoms with Crippen molar-refractivity contribution >= 4 is 5.91 Å². The summed E-state index contributed by atoms with van der Waals surface area (Å²) in [6.45, 7) is 5.20. The van der Waals surface area contributed by atoms with Crippen molar-refractivity contribution in [1.29, 1.82) is 0 Å². The van der Waals surface area contributed by atoms with Gasteiger partial charge in [-0.1, -0.05) is 31.2 Å². The minimum absolute atomic E-state index is 0.236. The van der Waals surface area contributed by atoms with Crippen LogP contribution < -0.4 is 0 Å². The topological polar surface area (TPSA) is 71.2 Å². The van der Waals surface area contributed by atoms with E-state index in [1.54, 1.807) is 27.9 Å². The van der Waals surface area contributed by atoms with E-state index in [0.29, 0.717) is 18.9 Å². The molecular formula is C18H23FN4O2. The van der Waals surface area contributed by atoms with Crippen molar-refractivity contribution in [3.8, 4) is 0 Å². The minimum atomic E-state index is -0.602. The smallest absolute Gasteiger partial charge is 0.276 e. The molecule has 7 heteroatoms. The summed E-state index contributed by atoms with van der Waals surface area (Å²) >= 11 is 0. The number of nitrogens with zero attached hydrogens (tertiary/aromatic N) is 4. The lowest BCUT2D eigenvalue weighted by atomic mass is 10.0. The second-order valence-electron chi connectivity index (χ2n) is 6.96. The van der Waals surface area contributed by atoms with Crippen LogP contribution in [-0.2, 0) is 6.54 Å². The van der Waals surface area contributed by atoms with Gasteiger partial charge in [-0.2, -0.15) is 0 Å². The number of amides is 1. The molecule has 2 heterocycles. The SMILES string of the molecule is CC(C)CCn1cc(C(=O)N2CC(O)CC2c2ccc(F)cc2)nn1. The average Bonchev–Trinajstić information content (AvgIpc) is 3.20. The van der Waals surface area contributed by atoms with Gasteiger partial charge in [-0.25, -0.2) is 4.39 Å². The zero-order valence-electron chi connectivity index (χ0n) is 14.5. The minimum Gasteiger partial charge on any atom is -0.391 e. The number of aliphatic hydroxyl groups is 1. The predicted octanol–water partition coefficient (Wildman–Crippen LogP) is 2.41. The number of aliphatic hydroxyl groups excluding tert-OH is 1. The number of carbonyl (C=O) groups excluding carboxylic acids is 1. The number of β-amino-alcohol motifs (C(OH)–C–C–N with tert-alkyl or cyclic N) is 1. The van der Waals surface area contributed by atoms with E-state index in [9.17, 15) is 14.3 Å². The van der Waals surface area contributed by atoms with Gasteiger partial charge in [0, 0.05) is 13.1 Å². The monoisotopic (exact) mass is 346 g/mol. The first-order chi connectivity index (χ1) is 11.9. The summed E-state index contributed by atoms with van der Waals surface area (Å²) in [5, 5.41) is 18.0. The maximum absolute atomic E-state index is 13.2. The molecule has 1 amide bonds. The lowest BCUT2D eigenvalue weighted by molar-refractivity contribution is 0.0709. The molecule has 1 fully saturated rings. The fraction of sp³-hybridized carbons (Fsp3) is 0.500. The normalized spacial score (nSPS) is 20.4. The first-order valence-corrected chi connectivity index (χ1v) is 8.58. The van der Waals surface area contributed by atoms with Crippen LogP contribution in [0.15, 0.2) is 30.5 Å². The molecule has 25 heavy (non-hydrogen) atoms. The zero-order chi connectivity index (χ0) is 18.0. The van der Waals surface area contributed by atoms with E-state index >= 15 is 0 Å². The molecule has 2 atom stereocenters. The van der Waals surface area contributed by atoms with Crippen molar-refractivity contribution in [2.45, 2.75) is 45.4 Å². The van der Waals surface area contributed by atoms with Gasteiger partial charge in [-0.3, -0.25) is 9.48 Å². The Morgan fingerprint density at radius 1 is 1.36 bits per heavy atom. The number of aryl methyl sites for hydroxylation is 1. The van der Waals surface area contributed by atoms with Gasteiger partial charge in [0.05, 0.1) is 18.3 Å². The van der Waals surface area contributed by atoms with Crippen molar-refractivity contribution < 1.29 is 14.3 Å². The van der Waals surface area contributed by atoms with Crippen LogP contribution in [-0.4, -0.2) is 43.6 Å². The molecule has 0 bridgehead atoms. The Kier molecular flexibility index (Phi) is 5.13. The summed E-state index contributed by atoms with van der Waals surface area (Å²) in [5.41, 5.74) is 1.07. The summed E-state index contributed by atoms with van der Waals surface area (Å²) in [6, 6.07) is 5.75. The molecule has 0 aliphatic carbocycles. The molecule has 3 rings (SSSR count). The van der Waals surface area contributed by atoms with Gasteiger partial charge in [0.2, 0.25) is 0 Å². The highest BCUT2D eigenvalue weighted by Crippen LogP contribution is 2.33. The van der Waals surface area contributed by atoms with Gasteiger partial charge >= 0.3 is 0 Å². The van der Waals surface area contributed by atoms with Crippen LogP contribution in [0, 0.1) is 11.7 Å². The van der Waals surface area contributed by atoms with Crippen LogP contribution in [0.1, 0.15) is 48.8 Å². The quantitative estimate of drug-likeness (QED) is 0.902. The Morgan fingerprint density at radius 2 is 2.08 bits per heavy atom. The molecule has 1 aliphatic heterocycles. The number of hydrogen-bond donors (Lipinski definition) is 1. The van der Waals surface area contributed by atoms with Gasteiger partial charge in [-0.15, -0.1) is 5.10 Å². The molecule has 1 aromatic carbocycles. The molecule has 0 spiro atoms. The number of benzene rings is 1. The lowest BCUT2D eigenvalue weighted by Gasteiger charge is -2.23.